The van der Waals surface area contributed by atoms with E-state index in [2.05, 4.69) is 20.8 Å². The Kier molecular flexibility index (Phi) is 7.02. The first-order valence-electron chi connectivity index (χ1n) is 9.19. The lowest BCUT2D eigenvalue weighted by Gasteiger charge is -2.07. The summed E-state index contributed by atoms with van der Waals surface area (Å²) in [6.07, 6.45) is 0. The molecule has 0 aliphatic carbocycles. The van der Waals surface area contributed by atoms with E-state index in [1.807, 2.05) is 56.4 Å². The number of aromatic nitrogens is 3. The fraction of sp³-hybridized carbons (Fsp3) is 0.238. The van der Waals surface area contributed by atoms with Gasteiger partial charge in [-0.25, -0.2) is 0 Å². The summed E-state index contributed by atoms with van der Waals surface area (Å²) in [5, 5.41) is 14.6. The highest BCUT2D eigenvalue weighted by Crippen LogP contribution is 2.15. The fourth-order valence-electron chi connectivity index (χ4n) is 2.57. The normalized spacial score (nSPS) is 10.6. The smallest absolute Gasteiger partial charge is 0.251 e. The topological polar surface area (TPSA) is 88.9 Å². The second kappa shape index (κ2) is 9.88. The fourth-order valence-corrected chi connectivity index (χ4v) is 3.33. The van der Waals surface area contributed by atoms with Gasteiger partial charge >= 0.3 is 0 Å². The second-order valence-corrected chi connectivity index (χ2v) is 7.50. The first kappa shape index (κ1) is 20.6. The molecule has 8 heteroatoms. The van der Waals surface area contributed by atoms with E-state index in [1.54, 1.807) is 16.7 Å². The van der Waals surface area contributed by atoms with Crippen molar-refractivity contribution in [2.45, 2.75) is 25.2 Å². The Labute approximate surface area is 173 Å². The summed E-state index contributed by atoms with van der Waals surface area (Å²) in [7, 11) is 1.82. The highest BCUT2D eigenvalue weighted by atomic mass is 32.2. The number of thioether (sulfide) groups is 1. The molecule has 2 N–H and O–H groups in total. The highest BCUT2D eigenvalue weighted by Gasteiger charge is 2.13. The van der Waals surface area contributed by atoms with Crippen LogP contribution >= 0.6 is 11.8 Å². The molecule has 0 radical (unpaired) electrons. The van der Waals surface area contributed by atoms with Crippen molar-refractivity contribution >= 4 is 23.6 Å². The van der Waals surface area contributed by atoms with Crippen LogP contribution in [0.5, 0.6) is 0 Å². The van der Waals surface area contributed by atoms with Crippen LogP contribution in [0.3, 0.4) is 0 Å². The van der Waals surface area contributed by atoms with Crippen molar-refractivity contribution in [1.29, 1.82) is 0 Å². The lowest BCUT2D eigenvalue weighted by atomic mass is 10.1. The summed E-state index contributed by atoms with van der Waals surface area (Å²) in [5.74, 6) is 0.630. The Morgan fingerprint density at radius 2 is 1.69 bits per heavy atom. The standard InChI is InChI=1S/C21H23N5O2S/c1-15-8-10-17(11-9-15)20(28)23-13-18-24-25-21(26(18)2)29-14-19(27)22-12-16-6-4-3-5-7-16/h3-11H,12-14H2,1-2H3,(H,22,27)(H,23,28). The van der Waals surface area contributed by atoms with Gasteiger partial charge in [-0.3, -0.25) is 9.59 Å². The van der Waals surface area contributed by atoms with Gasteiger partial charge in [-0.2, -0.15) is 0 Å². The molecule has 3 aromatic rings. The largest absolute Gasteiger partial charge is 0.351 e. The number of amides is 2. The summed E-state index contributed by atoms with van der Waals surface area (Å²) >= 11 is 1.31. The molecule has 29 heavy (non-hydrogen) atoms. The van der Waals surface area contributed by atoms with Crippen LogP contribution in [0.25, 0.3) is 0 Å². The van der Waals surface area contributed by atoms with E-state index in [0.717, 1.165) is 11.1 Å². The quantitative estimate of drug-likeness (QED) is 0.558. The van der Waals surface area contributed by atoms with Crippen molar-refractivity contribution in [1.82, 2.24) is 25.4 Å². The van der Waals surface area contributed by atoms with Gasteiger partial charge in [0.25, 0.3) is 5.91 Å². The molecule has 1 heterocycles. The molecule has 2 aromatic carbocycles. The molecule has 2 amide bonds. The zero-order chi connectivity index (χ0) is 20.6. The first-order chi connectivity index (χ1) is 14.0. The highest BCUT2D eigenvalue weighted by molar-refractivity contribution is 7.99. The summed E-state index contributed by atoms with van der Waals surface area (Å²) in [6, 6.07) is 17.1. The molecule has 7 nitrogen and oxygen atoms in total. The number of carbonyl (C=O) groups excluding carboxylic acids is 2. The van der Waals surface area contributed by atoms with E-state index in [4.69, 9.17) is 0 Å². The third-order valence-corrected chi connectivity index (χ3v) is 5.33. The lowest BCUT2D eigenvalue weighted by Crippen LogP contribution is -2.25. The van der Waals surface area contributed by atoms with Crippen molar-refractivity contribution in [2.75, 3.05) is 5.75 Å². The van der Waals surface area contributed by atoms with Gasteiger partial charge in [0.1, 0.15) is 0 Å². The molecule has 0 fully saturated rings. The van der Waals surface area contributed by atoms with Gasteiger partial charge in [0.2, 0.25) is 5.91 Å². The maximum Gasteiger partial charge on any atom is 0.251 e. The van der Waals surface area contributed by atoms with Crippen LogP contribution in [0.2, 0.25) is 0 Å². The van der Waals surface area contributed by atoms with Crippen LogP contribution in [-0.2, 0) is 24.9 Å². The molecule has 0 spiro atoms. The van der Waals surface area contributed by atoms with Crippen molar-refractivity contribution in [3.05, 3.63) is 77.1 Å². The van der Waals surface area contributed by atoms with Gasteiger partial charge in [0, 0.05) is 19.2 Å². The number of hydrogen-bond donors (Lipinski definition) is 2. The Balaban J connectivity index is 1.46. The molecular formula is C21H23N5O2S. The number of aryl methyl sites for hydroxylation is 1. The van der Waals surface area contributed by atoms with Crippen LogP contribution < -0.4 is 10.6 Å². The zero-order valence-electron chi connectivity index (χ0n) is 16.4. The van der Waals surface area contributed by atoms with Crippen molar-refractivity contribution < 1.29 is 9.59 Å². The summed E-state index contributed by atoms with van der Waals surface area (Å²) in [6.45, 7) is 2.73. The van der Waals surface area contributed by atoms with Gasteiger partial charge in [0.05, 0.1) is 12.3 Å². The van der Waals surface area contributed by atoms with Crippen LogP contribution in [0, 0.1) is 6.92 Å². The van der Waals surface area contributed by atoms with Crippen LogP contribution in [0.1, 0.15) is 27.3 Å². The molecule has 0 unspecified atom stereocenters. The molecule has 3 rings (SSSR count). The monoisotopic (exact) mass is 409 g/mol. The van der Waals surface area contributed by atoms with Crippen molar-refractivity contribution in [3.8, 4) is 0 Å². The van der Waals surface area contributed by atoms with Gasteiger partial charge in [-0.15, -0.1) is 10.2 Å². The predicted molar refractivity (Wildman–Crippen MR) is 112 cm³/mol. The van der Waals surface area contributed by atoms with E-state index in [1.165, 1.54) is 11.8 Å². The molecule has 0 aliphatic rings. The summed E-state index contributed by atoms with van der Waals surface area (Å²) < 4.78 is 1.78. The molecule has 0 aliphatic heterocycles. The maximum atomic E-state index is 12.2. The molecule has 150 valence electrons. The zero-order valence-corrected chi connectivity index (χ0v) is 17.2. The Hall–Kier alpha value is -3.13. The minimum Gasteiger partial charge on any atom is -0.351 e. The average molecular weight is 410 g/mol. The number of nitrogens with zero attached hydrogens (tertiary/aromatic N) is 3. The molecule has 0 saturated carbocycles. The number of hydrogen-bond acceptors (Lipinski definition) is 5. The molecule has 0 saturated heterocycles. The van der Waals surface area contributed by atoms with Crippen LogP contribution in [0.15, 0.2) is 59.8 Å². The number of benzene rings is 2. The van der Waals surface area contributed by atoms with Gasteiger partial charge in [-0.1, -0.05) is 59.8 Å². The maximum absolute atomic E-state index is 12.2. The Morgan fingerprint density at radius 1 is 0.966 bits per heavy atom. The SMILES string of the molecule is Cc1ccc(C(=O)NCc2nnc(SCC(=O)NCc3ccccc3)n2C)cc1. The molecular weight excluding hydrogens is 386 g/mol. The van der Waals surface area contributed by atoms with Crippen molar-refractivity contribution in [3.63, 3.8) is 0 Å². The number of carbonyl (C=O) groups is 2. The predicted octanol–water partition coefficient (Wildman–Crippen LogP) is 2.46. The second-order valence-electron chi connectivity index (χ2n) is 6.56. The molecule has 0 atom stereocenters. The van der Waals surface area contributed by atoms with Gasteiger partial charge in [0.15, 0.2) is 11.0 Å². The Bertz CT molecular complexity index is 970. The lowest BCUT2D eigenvalue weighted by molar-refractivity contribution is -0.118. The van der Waals surface area contributed by atoms with Gasteiger partial charge in [-0.05, 0) is 24.6 Å². The van der Waals surface area contributed by atoms with Crippen molar-refractivity contribution in [2.24, 2.45) is 7.05 Å². The first-order valence-corrected chi connectivity index (χ1v) is 10.2. The summed E-state index contributed by atoms with van der Waals surface area (Å²) in [4.78, 5) is 24.3. The average Bonchev–Trinajstić information content (AvgIpc) is 3.09. The van der Waals surface area contributed by atoms with E-state index in [0.29, 0.717) is 23.1 Å². The third-order valence-electron chi connectivity index (χ3n) is 4.31. The number of nitrogens with one attached hydrogen (secondary N) is 2. The van der Waals surface area contributed by atoms with E-state index in [-0.39, 0.29) is 24.1 Å². The minimum absolute atomic E-state index is 0.0731. The van der Waals surface area contributed by atoms with Crippen LogP contribution in [0.4, 0.5) is 0 Å². The van der Waals surface area contributed by atoms with E-state index in [9.17, 15) is 9.59 Å². The van der Waals surface area contributed by atoms with E-state index < -0.39 is 0 Å². The van der Waals surface area contributed by atoms with E-state index >= 15 is 0 Å². The number of rotatable bonds is 8. The van der Waals surface area contributed by atoms with Gasteiger partial charge < -0.3 is 15.2 Å². The third kappa shape index (κ3) is 5.92. The Morgan fingerprint density at radius 3 is 2.41 bits per heavy atom. The van der Waals surface area contributed by atoms with Crippen LogP contribution in [-0.4, -0.2) is 32.3 Å². The molecule has 1 aromatic heterocycles. The minimum atomic E-state index is -0.164. The summed E-state index contributed by atoms with van der Waals surface area (Å²) in [5.41, 5.74) is 2.75. The molecule has 0 bridgehead atoms.